The Balaban J connectivity index is 1.85. The van der Waals surface area contributed by atoms with E-state index < -0.39 is 0 Å². The number of alkyl halides is 1. The molecule has 70 valence electrons. The second-order valence-corrected chi connectivity index (χ2v) is 4.43. The summed E-state index contributed by atoms with van der Waals surface area (Å²) >= 11 is 6.28. The maximum Gasteiger partial charge on any atom is 0.0585 e. The molecule has 1 fully saturated rings. The van der Waals surface area contributed by atoms with Gasteiger partial charge in [-0.05, 0) is 24.3 Å². The molecule has 1 atom stereocenters. The van der Waals surface area contributed by atoms with E-state index in [9.17, 15) is 0 Å². The predicted octanol–water partition coefficient (Wildman–Crippen LogP) is 4.16. The van der Waals surface area contributed by atoms with E-state index in [1.165, 1.54) is 24.8 Å². The lowest BCUT2D eigenvalue weighted by molar-refractivity contribution is 0.653. The van der Waals surface area contributed by atoms with Crippen molar-refractivity contribution in [2.24, 2.45) is 5.92 Å². The normalized spacial score (nSPS) is 18.5. The third kappa shape index (κ3) is 2.73. The molecule has 0 aromatic heterocycles. The van der Waals surface area contributed by atoms with Crippen LogP contribution in [0.25, 0.3) is 0 Å². The smallest absolute Gasteiger partial charge is 0.0585 e. The second kappa shape index (κ2) is 4.15. The van der Waals surface area contributed by atoms with Crippen molar-refractivity contribution in [2.75, 3.05) is 0 Å². The molecule has 0 radical (unpaired) electrons. The minimum absolute atomic E-state index is 0.224. The Kier molecular flexibility index (Phi) is 2.90. The minimum Gasteiger partial charge on any atom is -0.118 e. The number of halogens is 1. The molecule has 0 bridgehead atoms. The van der Waals surface area contributed by atoms with Gasteiger partial charge in [0.15, 0.2) is 0 Å². The van der Waals surface area contributed by atoms with E-state index >= 15 is 0 Å². The second-order valence-electron chi connectivity index (χ2n) is 3.90. The van der Waals surface area contributed by atoms with E-state index in [0.717, 1.165) is 12.3 Å². The highest BCUT2D eigenvalue weighted by molar-refractivity contribution is 6.20. The molecule has 1 aromatic rings. The third-order valence-corrected chi connectivity index (χ3v) is 3.16. The van der Waals surface area contributed by atoms with Crippen LogP contribution in [0, 0.1) is 5.92 Å². The quantitative estimate of drug-likeness (QED) is 0.632. The Labute approximate surface area is 84.9 Å². The van der Waals surface area contributed by atoms with Gasteiger partial charge in [0.2, 0.25) is 0 Å². The summed E-state index contributed by atoms with van der Waals surface area (Å²) in [7, 11) is 0. The van der Waals surface area contributed by atoms with Gasteiger partial charge in [-0.25, -0.2) is 0 Å². The Bertz CT molecular complexity index is 251. The van der Waals surface area contributed by atoms with Crippen LogP contribution in [0.1, 0.15) is 36.6 Å². The highest BCUT2D eigenvalue weighted by Gasteiger charge is 2.22. The maximum absolute atomic E-state index is 6.28. The van der Waals surface area contributed by atoms with Gasteiger partial charge in [0.05, 0.1) is 5.38 Å². The van der Waals surface area contributed by atoms with Crippen molar-refractivity contribution >= 4 is 11.6 Å². The van der Waals surface area contributed by atoms with Crippen molar-refractivity contribution in [3.63, 3.8) is 0 Å². The molecular formula is C12H15Cl. The summed E-state index contributed by atoms with van der Waals surface area (Å²) in [5.41, 5.74) is 1.27. The molecule has 1 aromatic carbocycles. The zero-order chi connectivity index (χ0) is 9.10. The van der Waals surface area contributed by atoms with Crippen molar-refractivity contribution in [2.45, 2.75) is 31.1 Å². The summed E-state index contributed by atoms with van der Waals surface area (Å²) < 4.78 is 0. The van der Waals surface area contributed by atoms with Crippen molar-refractivity contribution in [1.82, 2.24) is 0 Å². The van der Waals surface area contributed by atoms with Crippen molar-refractivity contribution in [1.29, 1.82) is 0 Å². The molecule has 0 saturated heterocycles. The molecule has 1 heteroatoms. The fourth-order valence-corrected chi connectivity index (χ4v) is 1.89. The van der Waals surface area contributed by atoms with Crippen LogP contribution in [0.5, 0.6) is 0 Å². The summed E-state index contributed by atoms with van der Waals surface area (Å²) in [4.78, 5) is 0. The first-order chi connectivity index (χ1) is 6.36. The van der Waals surface area contributed by atoms with Crippen LogP contribution in [0.2, 0.25) is 0 Å². The molecule has 0 spiro atoms. The van der Waals surface area contributed by atoms with Gasteiger partial charge in [0.25, 0.3) is 0 Å². The van der Waals surface area contributed by atoms with E-state index in [1.807, 2.05) is 6.07 Å². The van der Waals surface area contributed by atoms with Gasteiger partial charge in [-0.2, -0.15) is 0 Å². The van der Waals surface area contributed by atoms with Crippen molar-refractivity contribution < 1.29 is 0 Å². The lowest BCUT2D eigenvalue weighted by atomic mass is 10.1. The van der Waals surface area contributed by atoms with Gasteiger partial charge in [-0.3, -0.25) is 0 Å². The number of rotatable bonds is 4. The van der Waals surface area contributed by atoms with Gasteiger partial charge < -0.3 is 0 Å². The van der Waals surface area contributed by atoms with Crippen LogP contribution in [0.15, 0.2) is 30.3 Å². The first-order valence-electron chi connectivity index (χ1n) is 5.05. The summed E-state index contributed by atoms with van der Waals surface area (Å²) in [5, 5.41) is 0.224. The van der Waals surface area contributed by atoms with Crippen molar-refractivity contribution in [3.8, 4) is 0 Å². The van der Waals surface area contributed by atoms with Gasteiger partial charge in [0, 0.05) is 0 Å². The largest absolute Gasteiger partial charge is 0.118 e. The SMILES string of the molecule is ClC(CCC1CC1)c1ccccc1. The molecule has 1 saturated carbocycles. The molecule has 1 aliphatic rings. The number of benzene rings is 1. The van der Waals surface area contributed by atoms with Crippen LogP contribution in [0.3, 0.4) is 0 Å². The number of hydrogen-bond donors (Lipinski definition) is 0. The molecule has 0 aliphatic heterocycles. The van der Waals surface area contributed by atoms with Gasteiger partial charge in [-0.1, -0.05) is 43.2 Å². The van der Waals surface area contributed by atoms with Crippen LogP contribution < -0.4 is 0 Å². The number of hydrogen-bond acceptors (Lipinski definition) is 0. The zero-order valence-electron chi connectivity index (χ0n) is 7.75. The maximum atomic E-state index is 6.28. The van der Waals surface area contributed by atoms with Crippen LogP contribution in [-0.4, -0.2) is 0 Å². The third-order valence-electron chi connectivity index (χ3n) is 2.69. The van der Waals surface area contributed by atoms with Gasteiger partial charge in [0.1, 0.15) is 0 Å². The summed E-state index contributed by atoms with van der Waals surface area (Å²) in [6.45, 7) is 0. The summed E-state index contributed by atoms with van der Waals surface area (Å²) in [6.07, 6.45) is 5.30. The predicted molar refractivity (Wildman–Crippen MR) is 57.0 cm³/mol. The molecule has 0 N–H and O–H groups in total. The topological polar surface area (TPSA) is 0 Å². The first-order valence-corrected chi connectivity index (χ1v) is 5.49. The molecule has 2 rings (SSSR count). The van der Waals surface area contributed by atoms with E-state index in [4.69, 9.17) is 11.6 Å². The lowest BCUT2D eigenvalue weighted by Crippen LogP contribution is -1.90. The Morgan fingerprint density at radius 1 is 1.23 bits per heavy atom. The molecule has 1 aliphatic carbocycles. The van der Waals surface area contributed by atoms with Crippen LogP contribution >= 0.6 is 11.6 Å². The zero-order valence-corrected chi connectivity index (χ0v) is 8.50. The Morgan fingerprint density at radius 2 is 1.92 bits per heavy atom. The Morgan fingerprint density at radius 3 is 2.54 bits per heavy atom. The van der Waals surface area contributed by atoms with Crippen LogP contribution in [0.4, 0.5) is 0 Å². The van der Waals surface area contributed by atoms with Crippen molar-refractivity contribution in [3.05, 3.63) is 35.9 Å². The fraction of sp³-hybridized carbons (Fsp3) is 0.500. The molecule has 0 heterocycles. The first kappa shape index (κ1) is 9.08. The molecule has 1 unspecified atom stereocenters. The Hall–Kier alpha value is -0.490. The summed E-state index contributed by atoms with van der Waals surface area (Å²) in [5.74, 6) is 0.991. The van der Waals surface area contributed by atoms with E-state index in [2.05, 4.69) is 24.3 Å². The monoisotopic (exact) mass is 194 g/mol. The fourth-order valence-electron chi connectivity index (χ4n) is 1.62. The molecular weight excluding hydrogens is 180 g/mol. The lowest BCUT2D eigenvalue weighted by Gasteiger charge is -2.08. The average molecular weight is 195 g/mol. The van der Waals surface area contributed by atoms with Gasteiger partial charge in [-0.15, -0.1) is 11.6 Å². The van der Waals surface area contributed by atoms with E-state index in [1.54, 1.807) is 0 Å². The standard InChI is InChI=1S/C12H15Cl/c13-12(9-8-10-6-7-10)11-4-2-1-3-5-11/h1-5,10,12H,6-9H2. The van der Waals surface area contributed by atoms with Gasteiger partial charge >= 0.3 is 0 Å². The average Bonchev–Trinajstić information content (AvgIpc) is 2.99. The molecule has 0 amide bonds. The highest BCUT2D eigenvalue weighted by Crippen LogP contribution is 2.37. The van der Waals surface area contributed by atoms with Crippen LogP contribution in [-0.2, 0) is 0 Å². The van der Waals surface area contributed by atoms with E-state index in [0.29, 0.717) is 0 Å². The molecule has 0 nitrogen and oxygen atoms in total. The summed E-state index contributed by atoms with van der Waals surface area (Å²) in [6, 6.07) is 10.4. The van der Waals surface area contributed by atoms with E-state index in [-0.39, 0.29) is 5.38 Å². The molecule has 13 heavy (non-hydrogen) atoms. The highest BCUT2D eigenvalue weighted by atomic mass is 35.5. The minimum atomic E-state index is 0.224.